The Kier molecular flexibility index (Phi) is 5.56. The normalized spacial score (nSPS) is 11.4. The molecule has 2 rings (SSSR count). The summed E-state index contributed by atoms with van der Waals surface area (Å²) in [5.41, 5.74) is 1.40. The molecule has 0 saturated heterocycles. The molecule has 0 aliphatic carbocycles. The maximum atomic E-state index is 14.2. The van der Waals surface area contributed by atoms with Crippen LogP contribution in [0.25, 0.3) is 5.69 Å². The number of aliphatic hydroxyl groups is 1. The van der Waals surface area contributed by atoms with E-state index in [1.165, 1.54) is 10.7 Å². The van der Waals surface area contributed by atoms with Crippen molar-refractivity contribution in [3.63, 3.8) is 0 Å². The maximum absolute atomic E-state index is 14.2. The third kappa shape index (κ3) is 4.79. The summed E-state index contributed by atoms with van der Waals surface area (Å²) in [5, 5.41) is 18.4. The molecule has 1 heterocycles. The lowest BCUT2D eigenvalue weighted by atomic mass is 9.90. The molecule has 0 unspecified atom stereocenters. The van der Waals surface area contributed by atoms with Crippen LogP contribution in [-0.2, 0) is 0 Å². The number of rotatable bonds is 6. The number of halogens is 1. The van der Waals surface area contributed by atoms with Crippen LogP contribution in [0.1, 0.15) is 25.8 Å². The van der Waals surface area contributed by atoms with Gasteiger partial charge in [0.25, 0.3) is 0 Å². The van der Waals surface area contributed by atoms with Crippen LogP contribution in [0.4, 0.5) is 14.9 Å². The molecule has 6 nitrogen and oxygen atoms in total. The zero-order chi connectivity index (χ0) is 17.7. The minimum Gasteiger partial charge on any atom is -0.396 e. The number of benzene rings is 1. The molecule has 0 spiro atoms. The molecule has 24 heavy (non-hydrogen) atoms. The smallest absolute Gasteiger partial charge is 0.319 e. The first kappa shape index (κ1) is 17.9. The van der Waals surface area contributed by atoms with E-state index in [2.05, 4.69) is 15.7 Å². The van der Waals surface area contributed by atoms with Gasteiger partial charge in [0.1, 0.15) is 5.69 Å². The quantitative estimate of drug-likeness (QED) is 0.760. The van der Waals surface area contributed by atoms with Gasteiger partial charge in [0.05, 0.1) is 6.20 Å². The van der Waals surface area contributed by atoms with E-state index in [1.807, 2.05) is 20.8 Å². The largest absolute Gasteiger partial charge is 0.396 e. The lowest BCUT2D eigenvalue weighted by Crippen LogP contribution is -2.37. The molecule has 0 saturated carbocycles. The predicted molar refractivity (Wildman–Crippen MR) is 90.8 cm³/mol. The SMILES string of the molecule is Cc1cnn(-c2ccc(NC(=O)NCC(C)(C)CCO)cc2F)c1. The zero-order valence-electron chi connectivity index (χ0n) is 14.1. The summed E-state index contributed by atoms with van der Waals surface area (Å²) in [5.74, 6) is -0.475. The highest BCUT2D eigenvalue weighted by molar-refractivity contribution is 5.89. The zero-order valence-corrected chi connectivity index (χ0v) is 14.1. The Morgan fingerprint density at radius 3 is 2.75 bits per heavy atom. The summed E-state index contributed by atoms with van der Waals surface area (Å²) < 4.78 is 15.7. The third-order valence-corrected chi connectivity index (χ3v) is 3.68. The van der Waals surface area contributed by atoms with Crippen LogP contribution < -0.4 is 10.6 Å². The number of carbonyl (C=O) groups is 1. The van der Waals surface area contributed by atoms with E-state index in [1.54, 1.807) is 24.5 Å². The van der Waals surface area contributed by atoms with Crippen molar-refractivity contribution in [3.05, 3.63) is 42.0 Å². The highest BCUT2D eigenvalue weighted by Gasteiger charge is 2.18. The van der Waals surface area contributed by atoms with Crippen molar-refractivity contribution in [1.29, 1.82) is 0 Å². The topological polar surface area (TPSA) is 79.2 Å². The molecule has 0 bridgehead atoms. The number of hydrogen-bond acceptors (Lipinski definition) is 3. The molecule has 0 fully saturated rings. The van der Waals surface area contributed by atoms with Crippen molar-refractivity contribution in [2.24, 2.45) is 5.41 Å². The fourth-order valence-electron chi connectivity index (χ4n) is 2.20. The number of nitrogens with one attached hydrogen (secondary N) is 2. The van der Waals surface area contributed by atoms with Gasteiger partial charge >= 0.3 is 6.03 Å². The predicted octanol–water partition coefficient (Wildman–Crippen LogP) is 2.85. The van der Waals surface area contributed by atoms with E-state index in [0.29, 0.717) is 24.3 Å². The van der Waals surface area contributed by atoms with Crippen LogP contribution >= 0.6 is 0 Å². The van der Waals surface area contributed by atoms with Crippen molar-refractivity contribution in [3.8, 4) is 5.69 Å². The fraction of sp³-hybridized carbons (Fsp3) is 0.412. The maximum Gasteiger partial charge on any atom is 0.319 e. The van der Waals surface area contributed by atoms with Crippen LogP contribution in [0.3, 0.4) is 0 Å². The summed E-state index contributed by atoms with van der Waals surface area (Å²) in [6, 6.07) is 4.02. The second-order valence-corrected chi connectivity index (χ2v) is 6.57. The summed E-state index contributed by atoms with van der Waals surface area (Å²) in [6.45, 7) is 6.25. The molecule has 2 amide bonds. The molecule has 0 aliphatic heterocycles. The molecule has 130 valence electrons. The molecule has 3 N–H and O–H groups in total. The first-order valence-corrected chi connectivity index (χ1v) is 7.78. The first-order chi connectivity index (χ1) is 11.3. The molecule has 0 aliphatic rings. The average molecular weight is 334 g/mol. The Morgan fingerprint density at radius 1 is 1.42 bits per heavy atom. The van der Waals surface area contributed by atoms with Crippen molar-refractivity contribution in [2.75, 3.05) is 18.5 Å². The molecule has 1 aromatic carbocycles. The second-order valence-electron chi connectivity index (χ2n) is 6.57. The van der Waals surface area contributed by atoms with Crippen LogP contribution in [0.2, 0.25) is 0 Å². The number of aromatic nitrogens is 2. The highest BCUT2D eigenvalue weighted by Crippen LogP contribution is 2.19. The number of urea groups is 1. The number of hydrogen-bond donors (Lipinski definition) is 3. The Balaban J connectivity index is 1.98. The summed E-state index contributed by atoms with van der Waals surface area (Å²) in [6.07, 6.45) is 3.95. The lowest BCUT2D eigenvalue weighted by molar-refractivity contribution is 0.204. The first-order valence-electron chi connectivity index (χ1n) is 7.78. The van der Waals surface area contributed by atoms with Gasteiger partial charge in [-0.3, -0.25) is 0 Å². The van der Waals surface area contributed by atoms with Crippen molar-refractivity contribution < 1.29 is 14.3 Å². The molecule has 0 atom stereocenters. The summed E-state index contributed by atoms with van der Waals surface area (Å²) in [7, 11) is 0. The van der Waals surface area contributed by atoms with E-state index in [0.717, 1.165) is 5.56 Å². The van der Waals surface area contributed by atoms with E-state index in [-0.39, 0.29) is 12.0 Å². The number of nitrogens with zero attached hydrogens (tertiary/aromatic N) is 2. The minimum absolute atomic E-state index is 0.0654. The molecule has 0 radical (unpaired) electrons. The standard InChI is InChI=1S/C17H23FN4O2/c1-12-9-20-22(10-12)15-5-4-13(8-14(15)18)21-16(24)19-11-17(2,3)6-7-23/h4-5,8-10,23H,6-7,11H2,1-3H3,(H2,19,21,24). The lowest BCUT2D eigenvalue weighted by Gasteiger charge is -2.23. The Bertz CT molecular complexity index is 712. The van der Waals surface area contributed by atoms with E-state index in [4.69, 9.17) is 5.11 Å². The Morgan fingerprint density at radius 2 is 2.17 bits per heavy atom. The van der Waals surface area contributed by atoms with Crippen molar-refractivity contribution >= 4 is 11.7 Å². The van der Waals surface area contributed by atoms with E-state index >= 15 is 0 Å². The van der Waals surface area contributed by atoms with Gasteiger partial charge in [-0.05, 0) is 42.5 Å². The van der Waals surface area contributed by atoms with Gasteiger partial charge in [-0.15, -0.1) is 0 Å². The third-order valence-electron chi connectivity index (χ3n) is 3.68. The number of amides is 2. The average Bonchev–Trinajstić information content (AvgIpc) is 2.92. The van der Waals surface area contributed by atoms with E-state index < -0.39 is 11.8 Å². The van der Waals surface area contributed by atoms with Crippen molar-refractivity contribution in [1.82, 2.24) is 15.1 Å². The Hall–Kier alpha value is -2.41. The van der Waals surface area contributed by atoms with Gasteiger partial charge in [-0.25, -0.2) is 13.9 Å². The van der Waals surface area contributed by atoms with Gasteiger partial charge in [-0.1, -0.05) is 13.8 Å². The van der Waals surface area contributed by atoms with Gasteiger partial charge in [0.15, 0.2) is 5.82 Å². The fourth-order valence-corrected chi connectivity index (χ4v) is 2.20. The number of carbonyl (C=O) groups excluding carboxylic acids is 1. The second kappa shape index (κ2) is 7.44. The van der Waals surface area contributed by atoms with Crippen LogP contribution in [0.15, 0.2) is 30.6 Å². The number of aliphatic hydroxyl groups excluding tert-OH is 1. The molecular formula is C17H23FN4O2. The molecule has 2 aromatic rings. The number of aryl methyl sites for hydroxylation is 1. The van der Waals surface area contributed by atoms with Gasteiger partial charge in [0, 0.05) is 25.0 Å². The van der Waals surface area contributed by atoms with Gasteiger partial charge in [-0.2, -0.15) is 5.10 Å². The van der Waals surface area contributed by atoms with Gasteiger partial charge < -0.3 is 15.7 Å². The molecular weight excluding hydrogens is 311 g/mol. The van der Waals surface area contributed by atoms with E-state index in [9.17, 15) is 9.18 Å². The molecule has 1 aromatic heterocycles. The van der Waals surface area contributed by atoms with Gasteiger partial charge in [0.2, 0.25) is 0 Å². The summed E-state index contributed by atoms with van der Waals surface area (Å²) in [4.78, 5) is 11.9. The monoisotopic (exact) mass is 334 g/mol. The number of anilines is 1. The minimum atomic E-state index is -0.475. The van der Waals surface area contributed by atoms with Crippen molar-refractivity contribution in [2.45, 2.75) is 27.2 Å². The highest BCUT2D eigenvalue weighted by atomic mass is 19.1. The van der Waals surface area contributed by atoms with Crippen LogP contribution in [-0.4, -0.2) is 34.1 Å². The Labute approximate surface area is 140 Å². The van der Waals surface area contributed by atoms with Crippen LogP contribution in [0, 0.1) is 18.2 Å². The summed E-state index contributed by atoms with van der Waals surface area (Å²) >= 11 is 0. The van der Waals surface area contributed by atoms with Crippen LogP contribution in [0.5, 0.6) is 0 Å². The molecule has 7 heteroatoms.